The van der Waals surface area contributed by atoms with Crippen LogP contribution in [0.3, 0.4) is 0 Å². The van der Waals surface area contributed by atoms with E-state index in [1.165, 1.54) is 0 Å². The fourth-order valence-electron chi connectivity index (χ4n) is 4.99. The van der Waals surface area contributed by atoms with Gasteiger partial charge in [-0.15, -0.1) is 0 Å². The van der Waals surface area contributed by atoms with Crippen LogP contribution in [-0.2, 0) is 0 Å². The quantitative estimate of drug-likeness (QED) is 0.110. The number of hydrogen-bond donors (Lipinski definition) is 0. The molecule has 0 aliphatic carbocycles. The van der Waals surface area contributed by atoms with E-state index >= 15 is 0 Å². The monoisotopic (exact) mass is 669 g/mol. The van der Waals surface area contributed by atoms with Crippen molar-refractivity contribution in [1.29, 1.82) is 0 Å². The van der Waals surface area contributed by atoms with Crippen molar-refractivity contribution in [1.82, 2.24) is 15.0 Å². The lowest BCUT2D eigenvalue weighted by atomic mass is 10.1. The molecule has 0 aliphatic heterocycles. The van der Waals surface area contributed by atoms with Gasteiger partial charge in [-0.25, -0.2) is 29.3 Å². The van der Waals surface area contributed by atoms with Crippen molar-refractivity contribution in [2.45, 2.75) is 0 Å². The van der Waals surface area contributed by atoms with Crippen LogP contribution >= 0.6 is 0 Å². The van der Waals surface area contributed by atoms with Crippen LogP contribution in [0.5, 0.6) is 17.2 Å². The maximum absolute atomic E-state index is 12.8. The highest BCUT2D eigenvalue weighted by Gasteiger charge is 2.16. The predicted molar refractivity (Wildman–Crippen MR) is 190 cm³/mol. The van der Waals surface area contributed by atoms with E-state index in [2.05, 4.69) is 0 Å². The summed E-state index contributed by atoms with van der Waals surface area (Å²) in [6.45, 7) is 0. The molecule has 0 unspecified atom stereocenters. The highest BCUT2D eigenvalue weighted by atomic mass is 16.5. The zero-order chi connectivity index (χ0) is 35.0. The van der Waals surface area contributed by atoms with Gasteiger partial charge in [-0.05, 0) is 72.8 Å². The largest absolute Gasteiger partial charge is 0.423 e. The van der Waals surface area contributed by atoms with Crippen LogP contribution in [0, 0.1) is 0 Å². The Labute approximate surface area is 292 Å². The predicted octanol–water partition coefficient (Wildman–Crippen LogP) is 8.53. The number of aromatic nitrogens is 3. The highest BCUT2D eigenvalue weighted by molar-refractivity contribution is 5.93. The number of nitrogens with zero attached hydrogens (tertiary/aromatic N) is 3. The second kappa shape index (κ2) is 14.9. The van der Waals surface area contributed by atoms with Gasteiger partial charge in [0, 0.05) is 16.7 Å². The number of carbonyl (C=O) groups excluding carboxylic acids is 3. The molecule has 7 rings (SSSR count). The van der Waals surface area contributed by atoms with Crippen LogP contribution in [0.25, 0.3) is 34.2 Å². The standard InChI is InChI=1S/C42H27N3O6/c46-40(49-34-10-4-1-5-11-34)31-22-16-28(17-23-31)37-43-38(29-18-24-32(25-19-29)41(47)50-35-12-6-2-7-13-35)45-39(44-37)30-20-26-33(27-21-30)42(48)51-36-14-8-3-9-15-36/h1-27H. The zero-order valence-corrected chi connectivity index (χ0v) is 26.9. The number of carbonyl (C=O) groups is 3. The summed E-state index contributed by atoms with van der Waals surface area (Å²) in [5.41, 5.74) is 2.95. The molecular weight excluding hydrogens is 642 g/mol. The summed E-state index contributed by atoms with van der Waals surface area (Å²) in [5, 5.41) is 0. The molecule has 0 N–H and O–H groups in total. The number of hydrogen-bond acceptors (Lipinski definition) is 9. The lowest BCUT2D eigenvalue weighted by Gasteiger charge is -2.10. The molecular formula is C42H27N3O6. The summed E-state index contributed by atoms with van der Waals surface area (Å²) in [5.74, 6) is 0.866. The molecule has 0 amide bonds. The molecule has 246 valence electrons. The Morgan fingerprint density at radius 1 is 0.314 bits per heavy atom. The molecule has 0 radical (unpaired) electrons. The highest BCUT2D eigenvalue weighted by Crippen LogP contribution is 2.26. The molecule has 0 fully saturated rings. The zero-order valence-electron chi connectivity index (χ0n) is 26.9. The molecule has 9 nitrogen and oxygen atoms in total. The van der Waals surface area contributed by atoms with Gasteiger partial charge in [0.1, 0.15) is 17.2 Å². The molecule has 1 heterocycles. The Kier molecular flexibility index (Phi) is 9.42. The van der Waals surface area contributed by atoms with Crippen molar-refractivity contribution in [2.24, 2.45) is 0 Å². The van der Waals surface area contributed by atoms with E-state index in [1.54, 1.807) is 146 Å². The molecule has 0 spiro atoms. The molecule has 0 aliphatic rings. The van der Waals surface area contributed by atoms with Crippen molar-refractivity contribution >= 4 is 17.9 Å². The van der Waals surface area contributed by atoms with E-state index in [9.17, 15) is 14.4 Å². The average Bonchev–Trinajstić information content (AvgIpc) is 3.19. The molecule has 0 bridgehead atoms. The van der Waals surface area contributed by atoms with Crippen molar-refractivity contribution in [3.8, 4) is 51.4 Å². The number of esters is 3. The maximum Gasteiger partial charge on any atom is 0.343 e. The topological polar surface area (TPSA) is 118 Å². The van der Waals surface area contributed by atoms with Gasteiger partial charge in [-0.3, -0.25) is 0 Å². The third kappa shape index (κ3) is 7.90. The van der Waals surface area contributed by atoms with Crippen molar-refractivity contribution in [2.75, 3.05) is 0 Å². The molecule has 51 heavy (non-hydrogen) atoms. The van der Waals surface area contributed by atoms with Crippen LogP contribution < -0.4 is 14.2 Å². The minimum Gasteiger partial charge on any atom is -0.423 e. The summed E-state index contributed by atoms with van der Waals surface area (Å²) in [6, 6.07) is 46.7. The van der Waals surface area contributed by atoms with Gasteiger partial charge in [0.05, 0.1) is 16.7 Å². The van der Waals surface area contributed by atoms with Crippen LogP contribution in [0.1, 0.15) is 31.1 Å². The van der Waals surface area contributed by atoms with Crippen LogP contribution in [0.2, 0.25) is 0 Å². The van der Waals surface area contributed by atoms with Gasteiger partial charge < -0.3 is 14.2 Å². The molecule has 0 atom stereocenters. The van der Waals surface area contributed by atoms with Crippen molar-refractivity contribution < 1.29 is 28.6 Å². The van der Waals surface area contributed by atoms with Gasteiger partial charge in [-0.1, -0.05) is 91.0 Å². The number of rotatable bonds is 9. The van der Waals surface area contributed by atoms with E-state index in [0.29, 0.717) is 68.1 Å². The van der Waals surface area contributed by atoms with Crippen LogP contribution in [0.15, 0.2) is 164 Å². The second-order valence-corrected chi connectivity index (χ2v) is 11.1. The summed E-state index contributed by atoms with van der Waals surface area (Å²) in [6.07, 6.45) is 0. The molecule has 0 saturated carbocycles. The Morgan fingerprint density at radius 2 is 0.549 bits per heavy atom. The summed E-state index contributed by atoms with van der Waals surface area (Å²) < 4.78 is 16.4. The first kappa shape index (κ1) is 32.3. The number of para-hydroxylation sites is 3. The number of ether oxygens (including phenoxy) is 3. The van der Waals surface area contributed by atoms with Gasteiger partial charge >= 0.3 is 17.9 Å². The minimum atomic E-state index is -0.499. The maximum atomic E-state index is 12.8. The van der Waals surface area contributed by atoms with Gasteiger partial charge in [0.15, 0.2) is 17.5 Å². The minimum absolute atomic E-state index is 0.345. The first-order valence-corrected chi connectivity index (χ1v) is 15.9. The second-order valence-electron chi connectivity index (χ2n) is 11.1. The third-order valence-corrected chi connectivity index (χ3v) is 7.63. The Balaban J connectivity index is 1.18. The van der Waals surface area contributed by atoms with Crippen molar-refractivity contribution in [3.05, 3.63) is 180 Å². The fourth-order valence-corrected chi connectivity index (χ4v) is 4.99. The van der Waals surface area contributed by atoms with Gasteiger partial charge in [0.2, 0.25) is 0 Å². The van der Waals surface area contributed by atoms with E-state index < -0.39 is 17.9 Å². The first-order valence-electron chi connectivity index (χ1n) is 15.9. The molecule has 6 aromatic carbocycles. The number of benzene rings is 6. The molecule has 1 aromatic heterocycles. The molecule has 9 heteroatoms. The molecule has 7 aromatic rings. The smallest absolute Gasteiger partial charge is 0.343 e. The normalized spacial score (nSPS) is 10.6. The van der Waals surface area contributed by atoms with Gasteiger partial charge in [0.25, 0.3) is 0 Å². The van der Waals surface area contributed by atoms with E-state index in [-0.39, 0.29) is 0 Å². The Hall–Kier alpha value is -7.26. The summed E-state index contributed by atoms with van der Waals surface area (Å²) in [7, 11) is 0. The van der Waals surface area contributed by atoms with E-state index in [0.717, 1.165) is 0 Å². The lowest BCUT2D eigenvalue weighted by Crippen LogP contribution is -2.09. The SMILES string of the molecule is O=C(Oc1ccccc1)c1ccc(-c2nc(-c3ccc(C(=O)Oc4ccccc4)cc3)nc(-c3ccc(C(=O)Oc4ccccc4)cc3)n2)cc1. The van der Waals surface area contributed by atoms with Crippen LogP contribution in [0.4, 0.5) is 0 Å². The van der Waals surface area contributed by atoms with Crippen LogP contribution in [-0.4, -0.2) is 32.9 Å². The summed E-state index contributed by atoms with van der Waals surface area (Å²) in [4.78, 5) is 52.5. The summed E-state index contributed by atoms with van der Waals surface area (Å²) >= 11 is 0. The Morgan fingerprint density at radius 3 is 0.784 bits per heavy atom. The first-order chi connectivity index (χ1) is 25.0. The lowest BCUT2D eigenvalue weighted by molar-refractivity contribution is 0.0725. The fraction of sp³-hybridized carbons (Fsp3) is 0. The molecule has 0 saturated heterocycles. The Bertz CT molecular complexity index is 2020. The van der Waals surface area contributed by atoms with E-state index in [4.69, 9.17) is 29.2 Å². The van der Waals surface area contributed by atoms with Gasteiger partial charge in [-0.2, -0.15) is 0 Å². The van der Waals surface area contributed by atoms with Crippen molar-refractivity contribution in [3.63, 3.8) is 0 Å². The average molecular weight is 670 g/mol. The third-order valence-electron chi connectivity index (χ3n) is 7.63. The van der Waals surface area contributed by atoms with E-state index in [1.807, 2.05) is 18.2 Å².